The maximum absolute atomic E-state index is 12.5. The first-order chi connectivity index (χ1) is 13.5. The summed E-state index contributed by atoms with van der Waals surface area (Å²) in [7, 11) is -4.56. The Bertz CT molecular complexity index is 1170. The van der Waals surface area contributed by atoms with Gasteiger partial charge in [0.15, 0.2) is 0 Å². The minimum Gasteiger partial charge on any atom is -0.531 e. The summed E-state index contributed by atoms with van der Waals surface area (Å²) < 4.78 is 33.3. The van der Waals surface area contributed by atoms with Gasteiger partial charge in [-0.2, -0.15) is 0 Å². The predicted octanol–water partition coefficient (Wildman–Crippen LogP) is 2.12. The third-order valence-corrected chi connectivity index (χ3v) is 6.90. The van der Waals surface area contributed by atoms with E-state index in [1.165, 1.54) is 0 Å². The van der Waals surface area contributed by atoms with Gasteiger partial charge in [0, 0.05) is 23.2 Å². The van der Waals surface area contributed by atoms with E-state index in [4.69, 9.17) is 4.65 Å². The second-order valence-corrected chi connectivity index (χ2v) is 8.88. The van der Waals surface area contributed by atoms with Gasteiger partial charge in [0.1, 0.15) is 11.4 Å². The predicted molar refractivity (Wildman–Crippen MR) is 106 cm³/mol. The quantitative estimate of drug-likeness (QED) is 0.587. The zero-order valence-corrected chi connectivity index (χ0v) is 15.7. The van der Waals surface area contributed by atoms with Gasteiger partial charge in [0.2, 0.25) is 10.0 Å². The minimum absolute atomic E-state index is 0.136. The van der Waals surface area contributed by atoms with Crippen LogP contribution in [0.4, 0.5) is 0 Å². The average molecular weight is 395 g/mol. The zero-order chi connectivity index (χ0) is 19.3. The first-order valence-electron chi connectivity index (χ1n) is 9.11. The molecule has 0 unspecified atom stereocenters. The summed E-state index contributed by atoms with van der Waals surface area (Å²) in [5.41, 5.74) is 2.66. The summed E-state index contributed by atoms with van der Waals surface area (Å²) in [4.78, 5) is 7.67. The summed E-state index contributed by atoms with van der Waals surface area (Å²) in [5.74, 6) is 2.40. The molecule has 9 heteroatoms. The lowest BCUT2D eigenvalue weighted by Gasteiger charge is -2.39. The first-order valence-corrected chi connectivity index (χ1v) is 10.6. The van der Waals surface area contributed by atoms with Gasteiger partial charge >= 0.3 is 7.12 Å². The highest BCUT2D eigenvalue weighted by Gasteiger charge is 2.39. The number of nitrogens with one attached hydrogen (secondary N) is 2. The Morgan fingerprint density at radius 3 is 2.79 bits per heavy atom. The Morgan fingerprint density at radius 2 is 2.00 bits per heavy atom. The van der Waals surface area contributed by atoms with Crippen LogP contribution in [0.2, 0.25) is 0 Å². The van der Waals surface area contributed by atoms with Crippen LogP contribution < -0.4 is 9.38 Å². The van der Waals surface area contributed by atoms with Crippen molar-refractivity contribution < 1.29 is 18.1 Å². The molecular formula is C19H18BN3O4S. The second-order valence-electron chi connectivity index (χ2n) is 7.17. The molecule has 3 heterocycles. The van der Waals surface area contributed by atoms with Crippen molar-refractivity contribution in [3.05, 3.63) is 60.3 Å². The topological polar surface area (TPSA) is 104 Å². The number of sulfonamides is 1. The van der Waals surface area contributed by atoms with Crippen LogP contribution in [0.25, 0.3) is 16.6 Å². The summed E-state index contributed by atoms with van der Waals surface area (Å²) in [6.07, 6.45) is 4.76. The fourth-order valence-electron chi connectivity index (χ4n) is 3.97. The van der Waals surface area contributed by atoms with Gasteiger partial charge in [-0.1, -0.05) is 18.2 Å². The number of hydrogen-bond acceptors (Lipinski definition) is 5. The Morgan fingerprint density at radius 1 is 1.21 bits per heavy atom. The van der Waals surface area contributed by atoms with E-state index in [1.807, 2.05) is 12.3 Å². The number of pyridine rings is 1. The SMILES string of the molecule is O=S(=O)(NC1CC(C2=CB(O)Oc3cnc4[nH]ccc4c32)C1)c1ccccc1. The maximum Gasteiger partial charge on any atom is 0.552 e. The van der Waals surface area contributed by atoms with Crippen molar-refractivity contribution in [2.24, 2.45) is 5.92 Å². The normalized spacial score (nSPS) is 21.6. The molecule has 0 amide bonds. The van der Waals surface area contributed by atoms with Crippen LogP contribution >= 0.6 is 0 Å². The number of nitrogens with zero attached hydrogens (tertiary/aromatic N) is 1. The number of allylic oxidation sites excluding steroid dienone is 1. The van der Waals surface area contributed by atoms with Gasteiger partial charge < -0.3 is 14.7 Å². The fourth-order valence-corrected chi connectivity index (χ4v) is 5.26. The van der Waals surface area contributed by atoms with E-state index in [9.17, 15) is 13.4 Å². The highest BCUT2D eigenvalue weighted by atomic mass is 32.2. The van der Waals surface area contributed by atoms with E-state index in [-0.39, 0.29) is 16.9 Å². The molecule has 142 valence electrons. The number of H-pyrrole nitrogens is 1. The van der Waals surface area contributed by atoms with Crippen LogP contribution in [0.15, 0.2) is 59.7 Å². The molecule has 0 saturated heterocycles. The third kappa shape index (κ3) is 2.92. The van der Waals surface area contributed by atoms with Crippen LogP contribution in [-0.4, -0.2) is 36.6 Å². The number of aromatic amines is 1. The summed E-state index contributed by atoms with van der Waals surface area (Å²) in [6, 6.07) is 10.2. The molecule has 0 spiro atoms. The van der Waals surface area contributed by atoms with Crippen LogP contribution in [0, 0.1) is 5.92 Å². The fraction of sp³-hybridized carbons (Fsp3) is 0.211. The van der Waals surface area contributed by atoms with Crippen LogP contribution in [-0.2, 0) is 10.0 Å². The summed E-state index contributed by atoms with van der Waals surface area (Å²) >= 11 is 0. The molecule has 1 saturated carbocycles. The molecule has 1 aliphatic heterocycles. The maximum atomic E-state index is 12.5. The molecule has 7 nitrogen and oxygen atoms in total. The van der Waals surface area contributed by atoms with Crippen molar-refractivity contribution >= 4 is 33.7 Å². The second kappa shape index (κ2) is 6.47. The van der Waals surface area contributed by atoms with E-state index >= 15 is 0 Å². The Hall–Kier alpha value is -2.62. The lowest BCUT2D eigenvalue weighted by molar-refractivity contribution is 0.308. The zero-order valence-electron chi connectivity index (χ0n) is 14.9. The highest BCUT2D eigenvalue weighted by Crippen LogP contribution is 2.46. The van der Waals surface area contributed by atoms with Crippen LogP contribution in [0.3, 0.4) is 0 Å². The molecule has 3 aromatic rings. The molecule has 2 aromatic heterocycles. The number of benzene rings is 1. The first kappa shape index (κ1) is 17.5. The van der Waals surface area contributed by atoms with Gasteiger partial charge in [-0.05, 0) is 48.5 Å². The van der Waals surface area contributed by atoms with E-state index in [1.54, 1.807) is 42.5 Å². The van der Waals surface area contributed by atoms with Gasteiger partial charge in [-0.25, -0.2) is 18.1 Å². The van der Waals surface area contributed by atoms with E-state index in [2.05, 4.69) is 14.7 Å². The van der Waals surface area contributed by atoms with E-state index < -0.39 is 17.1 Å². The van der Waals surface area contributed by atoms with Gasteiger partial charge in [0.05, 0.1) is 11.1 Å². The van der Waals surface area contributed by atoms with Crippen molar-refractivity contribution in [3.8, 4) is 5.75 Å². The molecule has 5 rings (SSSR count). The molecule has 3 N–H and O–H groups in total. The van der Waals surface area contributed by atoms with Crippen molar-refractivity contribution in [1.82, 2.24) is 14.7 Å². The van der Waals surface area contributed by atoms with Crippen LogP contribution in [0.5, 0.6) is 5.75 Å². The Kier molecular flexibility index (Phi) is 4.04. The van der Waals surface area contributed by atoms with Gasteiger partial charge in [-0.15, -0.1) is 0 Å². The molecule has 2 aliphatic rings. The number of rotatable bonds is 4. The lowest BCUT2D eigenvalue weighted by Crippen LogP contribution is -2.45. The van der Waals surface area contributed by atoms with Crippen molar-refractivity contribution in [3.63, 3.8) is 0 Å². The van der Waals surface area contributed by atoms with Crippen molar-refractivity contribution in [1.29, 1.82) is 0 Å². The molecule has 0 atom stereocenters. The van der Waals surface area contributed by atoms with Crippen molar-refractivity contribution in [2.45, 2.75) is 23.8 Å². The monoisotopic (exact) mass is 395 g/mol. The Balaban J connectivity index is 1.38. The van der Waals surface area contributed by atoms with Gasteiger partial charge in [-0.3, -0.25) is 0 Å². The molecule has 1 fully saturated rings. The molecule has 0 radical (unpaired) electrons. The van der Waals surface area contributed by atoms with E-state index in [0.29, 0.717) is 18.6 Å². The smallest absolute Gasteiger partial charge is 0.531 e. The molecule has 28 heavy (non-hydrogen) atoms. The van der Waals surface area contributed by atoms with Crippen LogP contribution in [0.1, 0.15) is 18.4 Å². The minimum atomic E-state index is -3.53. The molecule has 1 aliphatic carbocycles. The average Bonchev–Trinajstić information content (AvgIpc) is 3.13. The highest BCUT2D eigenvalue weighted by molar-refractivity contribution is 7.89. The van der Waals surface area contributed by atoms with E-state index in [0.717, 1.165) is 22.2 Å². The lowest BCUT2D eigenvalue weighted by atomic mass is 9.68. The standard InChI is InChI=1S/C19H18BN3O4S/c24-20-10-16(18-15-6-7-21-19(15)22-11-17(18)27-20)12-8-13(9-12)23-28(25,26)14-4-2-1-3-5-14/h1-7,10-13,23-24H,8-9H2,(H,21,22). The Labute approximate surface area is 162 Å². The van der Waals surface area contributed by atoms with Crippen molar-refractivity contribution in [2.75, 3.05) is 0 Å². The van der Waals surface area contributed by atoms with Gasteiger partial charge in [0.25, 0.3) is 0 Å². The molecule has 0 bridgehead atoms. The summed E-state index contributed by atoms with van der Waals surface area (Å²) in [6.45, 7) is 0. The summed E-state index contributed by atoms with van der Waals surface area (Å²) in [5, 5.41) is 11.0. The largest absolute Gasteiger partial charge is 0.552 e. The molecule has 1 aromatic carbocycles. The number of hydrogen-bond donors (Lipinski definition) is 3. The third-order valence-electron chi connectivity index (χ3n) is 5.36. The molecular weight excluding hydrogens is 377 g/mol. The number of fused-ring (bicyclic) bond motifs is 3. The number of aromatic nitrogens is 2.